The molecule has 0 bridgehead atoms. The Hall–Kier alpha value is -2.37. The van der Waals surface area contributed by atoms with E-state index >= 15 is 0 Å². The summed E-state index contributed by atoms with van der Waals surface area (Å²) in [4.78, 5) is 27.4. The number of nitrogens with zero attached hydrogens (tertiary/aromatic N) is 1. The van der Waals surface area contributed by atoms with Gasteiger partial charge < -0.3 is 15.3 Å². The van der Waals surface area contributed by atoms with Crippen LogP contribution >= 0.6 is 11.6 Å². The van der Waals surface area contributed by atoms with Crippen molar-refractivity contribution in [3.05, 3.63) is 70.7 Å². The first-order valence-electron chi connectivity index (χ1n) is 8.92. The maximum atomic E-state index is 13.0. The fourth-order valence-electron chi connectivity index (χ4n) is 2.80. The Balaban J connectivity index is 2.43. The number of halogens is 1. The Morgan fingerprint density at radius 3 is 2.26 bits per heavy atom. The van der Waals surface area contributed by atoms with Gasteiger partial charge in [-0.05, 0) is 23.3 Å². The molecule has 5 nitrogen and oxygen atoms in total. The van der Waals surface area contributed by atoms with E-state index in [9.17, 15) is 9.59 Å². The van der Waals surface area contributed by atoms with Gasteiger partial charge in [-0.1, -0.05) is 67.9 Å². The van der Waals surface area contributed by atoms with Crippen molar-refractivity contribution in [2.75, 3.05) is 13.2 Å². The van der Waals surface area contributed by atoms with Crippen LogP contribution < -0.4 is 5.32 Å². The molecule has 0 saturated heterocycles. The molecule has 6 heteroatoms. The molecule has 0 spiro atoms. The van der Waals surface area contributed by atoms with E-state index < -0.39 is 6.04 Å². The van der Waals surface area contributed by atoms with Crippen molar-refractivity contribution < 1.29 is 14.7 Å². The van der Waals surface area contributed by atoms with Crippen LogP contribution in [-0.2, 0) is 16.1 Å². The van der Waals surface area contributed by atoms with E-state index in [-0.39, 0.29) is 37.4 Å². The molecule has 0 radical (unpaired) electrons. The highest BCUT2D eigenvalue weighted by Gasteiger charge is 2.32. The third kappa shape index (κ3) is 5.81. The van der Waals surface area contributed by atoms with Gasteiger partial charge in [0, 0.05) is 24.0 Å². The van der Waals surface area contributed by atoms with E-state index in [0.717, 1.165) is 11.1 Å². The lowest BCUT2D eigenvalue weighted by atomic mass is 10.0. The highest BCUT2D eigenvalue weighted by atomic mass is 35.5. The van der Waals surface area contributed by atoms with E-state index in [1.807, 2.05) is 56.3 Å². The fourth-order valence-corrected chi connectivity index (χ4v) is 2.92. The molecule has 0 aliphatic heterocycles. The minimum atomic E-state index is -0.789. The molecule has 0 unspecified atom stereocenters. The quantitative estimate of drug-likeness (QED) is 0.729. The number of rotatable bonds is 8. The van der Waals surface area contributed by atoms with Crippen LogP contribution in [0.2, 0.25) is 5.02 Å². The van der Waals surface area contributed by atoms with Crippen LogP contribution in [0.15, 0.2) is 54.6 Å². The summed E-state index contributed by atoms with van der Waals surface area (Å²) >= 11 is 5.96. The van der Waals surface area contributed by atoms with Crippen LogP contribution in [0.1, 0.15) is 31.0 Å². The summed E-state index contributed by atoms with van der Waals surface area (Å²) in [6.45, 7) is 3.87. The molecule has 0 heterocycles. The summed E-state index contributed by atoms with van der Waals surface area (Å²) in [6, 6.07) is 15.6. The number of amides is 2. The Kier molecular flexibility index (Phi) is 7.82. The van der Waals surface area contributed by atoms with Gasteiger partial charge in [-0.3, -0.25) is 9.59 Å². The average molecular weight is 389 g/mol. The van der Waals surface area contributed by atoms with Gasteiger partial charge >= 0.3 is 0 Å². The molecule has 0 saturated carbocycles. The largest absolute Gasteiger partial charge is 0.395 e. The lowest BCUT2D eigenvalue weighted by molar-refractivity contribution is -0.144. The predicted octanol–water partition coefficient (Wildman–Crippen LogP) is 3.17. The van der Waals surface area contributed by atoms with Gasteiger partial charge in [0.15, 0.2) is 0 Å². The van der Waals surface area contributed by atoms with Crippen LogP contribution in [-0.4, -0.2) is 35.0 Å². The first kappa shape index (κ1) is 20.9. The molecule has 2 rings (SSSR count). The minimum absolute atomic E-state index is 0.127. The zero-order chi connectivity index (χ0) is 19.8. The highest BCUT2D eigenvalue weighted by Crippen LogP contribution is 2.26. The van der Waals surface area contributed by atoms with Gasteiger partial charge in [0.25, 0.3) is 0 Å². The van der Waals surface area contributed by atoms with Crippen molar-refractivity contribution in [2.45, 2.75) is 26.4 Å². The third-order valence-electron chi connectivity index (χ3n) is 4.13. The molecule has 2 aromatic carbocycles. The topological polar surface area (TPSA) is 69.6 Å². The molecule has 0 fully saturated rings. The molecule has 0 aliphatic rings. The molecule has 2 amide bonds. The number of hydrogen-bond donors (Lipinski definition) is 2. The van der Waals surface area contributed by atoms with Crippen LogP contribution in [0.25, 0.3) is 0 Å². The SMILES string of the molecule is CC(C)C(=O)N(Cc1ccc(Cl)cc1)[C@@H](C(=O)NCCO)c1ccccc1. The van der Waals surface area contributed by atoms with Gasteiger partial charge in [-0.2, -0.15) is 0 Å². The molecule has 0 aliphatic carbocycles. The number of nitrogens with one attached hydrogen (secondary N) is 1. The van der Waals surface area contributed by atoms with Gasteiger partial charge in [-0.25, -0.2) is 0 Å². The zero-order valence-corrected chi connectivity index (χ0v) is 16.3. The predicted molar refractivity (Wildman–Crippen MR) is 106 cm³/mol. The first-order chi connectivity index (χ1) is 12.9. The molecule has 144 valence electrons. The van der Waals surface area contributed by atoms with Crippen molar-refractivity contribution >= 4 is 23.4 Å². The van der Waals surface area contributed by atoms with E-state index in [4.69, 9.17) is 16.7 Å². The lowest BCUT2D eigenvalue weighted by Crippen LogP contribution is -2.45. The average Bonchev–Trinajstić information content (AvgIpc) is 2.67. The second-order valence-corrected chi connectivity index (χ2v) is 7.01. The number of aliphatic hydroxyl groups excluding tert-OH is 1. The van der Waals surface area contributed by atoms with E-state index in [1.165, 1.54) is 0 Å². The Morgan fingerprint density at radius 1 is 1.07 bits per heavy atom. The molecular formula is C21H25ClN2O3. The smallest absolute Gasteiger partial charge is 0.247 e. The number of carbonyl (C=O) groups is 2. The van der Waals surface area contributed by atoms with Gasteiger partial charge in [0.05, 0.1) is 6.61 Å². The van der Waals surface area contributed by atoms with Gasteiger partial charge in [0.1, 0.15) is 6.04 Å². The minimum Gasteiger partial charge on any atom is -0.395 e. The summed E-state index contributed by atoms with van der Waals surface area (Å²) in [5.41, 5.74) is 1.60. The number of carbonyl (C=O) groups excluding carboxylic acids is 2. The second kappa shape index (κ2) is 10.1. The molecule has 2 N–H and O–H groups in total. The maximum Gasteiger partial charge on any atom is 0.247 e. The lowest BCUT2D eigenvalue weighted by Gasteiger charge is -2.33. The summed E-state index contributed by atoms with van der Waals surface area (Å²) in [5, 5.41) is 12.4. The fraction of sp³-hybridized carbons (Fsp3) is 0.333. The normalized spacial score (nSPS) is 11.9. The van der Waals surface area contributed by atoms with E-state index in [0.29, 0.717) is 5.02 Å². The van der Waals surface area contributed by atoms with Crippen LogP contribution in [0.4, 0.5) is 0 Å². The summed E-state index contributed by atoms with van der Waals surface area (Å²) in [6.07, 6.45) is 0. The third-order valence-corrected chi connectivity index (χ3v) is 4.38. The van der Waals surface area contributed by atoms with Gasteiger partial charge in [0.2, 0.25) is 11.8 Å². The van der Waals surface area contributed by atoms with Crippen molar-refractivity contribution in [1.29, 1.82) is 0 Å². The number of aliphatic hydroxyl groups is 1. The number of benzene rings is 2. The van der Waals surface area contributed by atoms with E-state index in [2.05, 4.69) is 5.32 Å². The van der Waals surface area contributed by atoms with Crippen LogP contribution in [0.5, 0.6) is 0 Å². The Bertz CT molecular complexity index is 748. The second-order valence-electron chi connectivity index (χ2n) is 6.58. The monoisotopic (exact) mass is 388 g/mol. The first-order valence-corrected chi connectivity index (χ1v) is 9.30. The molecular weight excluding hydrogens is 364 g/mol. The summed E-state index contributed by atoms with van der Waals surface area (Å²) < 4.78 is 0. The van der Waals surface area contributed by atoms with Crippen LogP contribution in [0, 0.1) is 5.92 Å². The Labute approximate surface area is 165 Å². The maximum absolute atomic E-state index is 13.0. The molecule has 2 aromatic rings. The number of hydrogen-bond acceptors (Lipinski definition) is 3. The zero-order valence-electron chi connectivity index (χ0n) is 15.6. The Morgan fingerprint density at radius 2 is 1.70 bits per heavy atom. The van der Waals surface area contributed by atoms with E-state index in [1.54, 1.807) is 17.0 Å². The van der Waals surface area contributed by atoms with Crippen molar-refractivity contribution in [3.8, 4) is 0 Å². The van der Waals surface area contributed by atoms with Crippen molar-refractivity contribution in [3.63, 3.8) is 0 Å². The molecule has 1 atom stereocenters. The molecule has 0 aromatic heterocycles. The standard InChI is InChI=1S/C21H25ClN2O3/c1-15(2)21(27)24(14-16-8-10-18(22)11-9-16)19(20(26)23-12-13-25)17-6-4-3-5-7-17/h3-11,15,19,25H,12-14H2,1-2H3,(H,23,26)/t19-/m1/s1. The molecule has 27 heavy (non-hydrogen) atoms. The summed E-state index contributed by atoms with van der Waals surface area (Å²) in [5.74, 6) is -0.717. The van der Waals surface area contributed by atoms with Gasteiger partial charge in [-0.15, -0.1) is 0 Å². The van der Waals surface area contributed by atoms with Crippen molar-refractivity contribution in [2.24, 2.45) is 5.92 Å². The van der Waals surface area contributed by atoms with Crippen LogP contribution in [0.3, 0.4) is 0 Å². The van der Waals surface area contributed by atoms with Crippen molar-refractivity contribution in [1.82, 2.24) is 10.2 Å². The highest BCUT2D eigenvalue weighted by molar-refractivity contribution is 6.30. The summed E-state index contributed by atoms with van der Waals surface area (Å²) in [7, 11) is 0.